The van der Waals surface area contributed by atoms with Gasteiger partial charge in [-0.3, -0.25) is 9.67 Å². The minimum Gasteiger partial charge on any atom is -0.454 e. The second-order valence-electron chi connectivity index (χ2n) is 3.48. The molecule has 1 aliphatic heterocycles. The molecule has 7 heteroatoms. The van der Waals surface area contributed by atoms with Crippen molar-refractivity contribution in [1.82, 2.24) is 14.8 Å². The number of nitrogens with one attached hydrogen (secondary N) is 1. The Morgan fingerprint density at radius 2 is 2.24 bits per heavy atom. The quantitative estimate of drug-likeness (QED) is 0.783. The molecular weight excluding hydrogens is 242 g/mol. The summed E-state index contributed by atoms with van der Waals surface area (Å²) in [5.74, 6) is 1.82. The smallest absolute Gasteiger partial charge is 0.231 e. The van der Waals surface area contributed by atoms with Crippen molar-refractivity contribution in [3.8, 4) is 17.2 Å². The first kappa shape index (κ1) is 10.3. The van der Waals surface area contributed by atoms with Crippen LogP contribution in [0.1, 0.15) is 5.82 Å². The van der Waals surface area contributed by atoms with Crippen LogP contribution in [0, 0.1) is 4.77 Å². The molecule has 0 aliphatic carbocycles. The topological polar surface area (TPSA) is 72.3 Å². The first-order valence-electron chi connectivity index (χ1n) is 4.97. The number of aliphatic hydroxyl groups excluding tert-OH is 1. The van der Waals surface area contributed by atoms with E-state index in [9.17, 15) is 5.11 Å². The average molecular weight is 251 g/mol. The van der Waals surface area contributed by atoms with Gasteiger partial charge in [-0.1, -0.05) is 0 Å². The van der Waals surface area contributed by atoms with Crippen molar-refractivity contribution >= 4 is 12.2 Å². The number of hydrogen-bond acceptors (Lipinski definition) is 5. The number of aromatic amines is 1. The second kappa shape index (κ2) is 3.86. The predicted octanol–water partition coefficient (Wildman–Crippen LogP) is 1.15. The van der Waals surface area contributed by atoms with Crippen LogP contribution < -0.4 is 9.47 Å². The molecule has 3 rings (SSSR count). The SMILES string of the molecule is OCc1n[nH]c(=S)n1-c1ccc2c(c1)OCO2. The fourth-order valence-corrected chi connectivity index (χ4v) is 1.98. The predicted molar refractivity (Wildman–Crippen MR) is 60.8 cm³/mol. The van der Waals surface area contributed by atoms with Crippen molar-refractivity contribution in [2.24, 2.45) is 0 Å². The highest BCUT2D eigenvalue weighted by Gasteiger charge is 2.15. The van der Waals surface area contributed by atoms with Gasteiger partial charge < -0.3 is 14.6 Å². The van der Waals surface area contributed by atoms with Gasteiger partial charge in [0, 0.05) is 6.07 Å². The molecule has 17 heavy (non-hydrogen) atoms. The van der Waals surface area contributed by atoms with Gasteiger partial charge in [-0.05, 0) is 24.4 Å². The lowest BCUT2D eigenvalue weighted by Gasteiger charge is -2.05. The van der Waals surface area contributed by atoms with Crippen LogP contribution >= 0.6 is 12.2 Å². The number of nitrogens with zero attached hydrogens (tertiary/aromatic N) is 2. The van der Waals surface area contributed by atoms with Gasteiger partial charge in [0.15, 0.2) is 22.1 Å². The molecule has 0 atom stereocenters. The Morgan fingerprint density at radius 1 is 1.41 bits per heavy atom. The van der Waals surface area contributed by atoms with E-state index >= 15 is 0 Å². The summed E-state index contributed by atoms with van der Waals surface area (Å²) in [6, 6.07) is 5.43. The molecule has 0 saturated carbocycles. The van der Waals surface area contributed by atoms with Crippen molar-refractivity contribution in [2.45, 2.75) is 6.61 Å². The molecule has 0 unspecified atom stereocenters. The summed E-state index contributed by atoms with van der Waals surface area (Å²) >= 11 is 5.11. The zero-order valence-electron chi connectivity index (χ0n) is 8.71. The molecule has 0 fully saturated rings. The Kier molecular flexibility index (Phi) is 2.34. The van der Waals surface area contributed by atoms with Crippen molar-refractivity contribution in [2.75, 3.05) is 6.79 Å². The van der Waals surface area contributed by atoms with Gasteiger partial charge in [0.1, 0.15) is 6.61 Å². The number of rotatable bonds is 2. The summed E-state index contributed by atoms with van der Waals surface area (Å²) in [5, 5.41) is 15.7. The number of aliphatic hydroxyl groups is 1. The van der Waals surface area contributed by atoms with Crippen molar-refractivity contribution < 1.29 is 14.6 Å². The van der Waals surface area contributed by atoms with Crippen molar-refractivity contribution in [1.29, 1.82) is 0 Å². The summed E-state index contributed by atoms with van der Waals surface area (Å²) in [6.07, 6.45) is 0. The van der Waals surface area contributed by atoms with E-state index in [4.69, 9.17) is 21.7 Å². The third-order valence-electron chi connectivity index (χ3n) is 2.50. The fourth-order valence-electron chi connectivity index (χ4n) is 1.73. The maximum atomic E-state index is 9.18. The van der Waals surface area contributed by atoms with E-state index in [1.807, 2.05) is 6.07 Å². The third-order valence-corrected chi connectivity index (χ3v) is 2.77. The molecule has 88 valence electrons. The molecule has 2 aromatic rings. The highest BCUT2D eigenvalue weighted by Crippen LogP contribution is 2.33. The molecule has 2 heterocycles. The standard InChI is InChI=1S/C10H9N3O3S/c14-4-9-11-12-10(17)13(9)6-1-2-7-8(3-6)16-5-15-7/h1-3,14H,4-5H2,(H,12,17). The Morgan fingerprint density at radius 3 is 3.06 bits per heavy atom. The largest absolute Gasteiger partial charge is 0.454 e. The van der Waals surface area contributed by atoms with E-state index in [-0.39, 0.29) is 13.4 Å². The van der Waals surface area contributed by atoms with Gasteiger partial charge in [0.25, 0.3) is 0 Å². The minimum absolute atomic E-state index is 0.193. The van der Waals surface area contributed by atoms with Crippen LogP contribution in [0.4, 0.5) is 0 Å². The molecule has 1 aliphatic rings. The van der Waals surface area contributed by atoms with Crippen LogP contribution in [-0.4, -0.2) is 26.7 Å². The molecule has 0 bridgehead atoms. The molecule has 1 aromatic heterocycles. The normalized spacial score (nSPS) is 13.0. The van der Waals surface area contributed by atoms with Crippen LogP contribution in [-0.2, 0) is 6.61 Å². The number of fused-ring (bicyclic) bond motifs is 1. The van der Waals surface area contributed by atoms with E-state index in [2.05, 4.69) is 10.2 Å². The minimum atomic E-state index is -0.193. The molecular formula is C10H9N3O3S. The lowest BCUT2D eigenvalue weighted by molar-refractivity contribution is 0.174. The Bertz CT molecular complexity index is 619. The Balaban J connectivity index is 2.15. The summed E-state index contributed by atoms with van der Waals surface area (Å²) in [6.45, 7) is 0.0318. The van der Waals surface area contributed by atoms with Crippen LogP contribution in [0.3, 0.4) is 0 Å². The number of ether oxygens (including phenoxy) is 2. The van der Waals surface area contributed by atoms with Gasteiger partial charge >= 0.3 is 0 Å². The van der Waals surface area contributed by atoms with Crippen molar-refractivity contribution in [3.63, 3.8) is 0 Å². The summed E-state index contributed by atoms with van der Waals surface area (Å²) < 4.78 is 12.6. The van der Waals surface area contributed by atoms with E-state index in [1.165, 1.54) is 0 Å². The van der Waals surface area contributed by atoms with Crippen LogP contribution in [0.25, 0.3) is 5.69 Å². The van der Waals surface area contributed by atoms with Gasteiger partial charge in [0.2, 0.25) is 6.79 Å². The zero-order valence-corrected chi connectivity index (χ0v) is 9.53. The zero-order chi connectivity index (χ0) is 11.8. The maximum absolute atomic E-state index is 9.18. The number of hydrogen-bond donors (Lipinski definition) is 2. The van der Waals surface area contributed by atoms with E-state index in [0.717, 1.165) is 5.69 Å². The maximum Gasteiger partial charge on any atom is 0.231 e. The monoisotopic (exact) mass is 251 g/mol. The highest BCUT2D eigenvalue weighted by atomic mass is 32.1. The lowest BCUT2D eigenvalue weighted by Crippen LogP contribution is -2.01. The molecule has 1 aromatic carbocycles. The fraction of sp³-hybridized carbons (Fsp3) is 0.200. The Hall–Kier alpha value is -1.86. The molecule has 2 N–H and O–H groups in total. The second-order valence-corrected chi connectivity index (χ2v) is 3.86. The molecule has 0 amide bonds. The lowest BCUT2D eigenvalue weighted by atomic mass is 10.2. The van der Waals surface area contributed by atoms with Gasteiger partial charge in [-0.2, -0.15) is 5.10 Å². The molecule has 0 saturated heterocycles. The summed E-state index contributed by atoms with van der Waals surface area (Å²) in [7, 11) is 0. The number of benzene rings is 1. The van der Waals surface area contributed by atoms with Gasteiger partial charge in [-0.15, -0.1) is 0 Å². The van der Waals surface area contributed by atoms with Crippen molar-refractivity contribution in [3.05, 3.63) is 28.8 Å². The van der Waals surface area contributed by atoms with Gasteiger partial charge in [-0.25, -0.2) is 0 Å². The molecule has 0 radical (unpaired) electrons. The van der Waals surface area contributed by atoms with Crippen LogP contribution in [0.5, 0.6) is 11.5 Å². The van der Waals surface area contributed by atoms with E-state index in [1.54, 1.807) is 16.7 Å². The average Bonchev–Trinajstić information content (AvgIpc) is 2.93. The van der Waals surface area contributed by atoms with E-state index in [0.29, 0.717) is 22.1 Å². The number of H-pyrrole nitrogens is 1. The first-order valence-corrected chi connectivity index (χ1v) is 5.37. The van der Waals surface area contributed by atoms with Crippen LogP contribution in [0.2, 0.25) is 0 Å². The summed E-state index contributed by atoms with van der Waals surface area (Å²) in [5.41, 5.74) is 0.775. The highest BCUT2D eigenvalue weighted by molar-refractivity contribution is 7.71. The van der Waals surface area contributed by atoms with Gasteiger partial charge in [0.05, 0.1) is 5.69 Å². The van der Waals surface area contributed by atoms with Crippen LogP contribution in [0.15, 0.2) is 18.2 Å². The third kappa shape index (κ3) is 1.60. The molecule has 6 nitrogen and oxygen atoms in total. The number of aromatic nitrogens is 3. The molecule has 0 spiro atoms. The first-order chi connectivity index (χ1) is 8.29. The Labute approximate surface area is 101 Å². The van der Waals surface area contributed by atoms with E-state index < -0.39 is 0 Å². The summed E-state index contributed by atoms with van der Waals surface area (Å²) in [4.78, 5) is 0.